The van der Waals surface area contributed by atoms with Crippen LogP contribution in [-0.2, 0) is 13.0 Å². The lowest BCUT2D eigenvalue weighted by Crippen LogP contribution is -2.06. The third-order valence-corrected chi connectivity index (χ3v) is 3.20. The Balaban J connectivity index is 2.25. The molecule has 0 aliphatic carbocycles. The van der Waals surface area contributed by atoms with E-state index in [1.807, 2.05) is 0 Å². The molecule has 0 radical (unpaired) electrons. The lowest BCUT2D eigenvalue weighted by Gasteiger charge is -2.05. The maximum atomic E-state index is 13.7. The van der Waals surface area contributed by atoms with Gasteiger partial charge in [0, 0.05) is 24.1 Å². The van der Waals surface area contributed by atoms with Gasteiger partial charge in [-0.25, -0.2) is 13.5 Å². The molecule has 0 amide bonds. The van der Waals surface area contributed by atoms with Crippen LogP contribution in [0.25, 0.3) is 0 Å². The van der Waals surface area contributed by atoms with E-state index in [1.54, 1.807) is 6.20 Å². The van der Waals surface area contributed by atoms with Crippen LogP contribution in [-0.4, -0.2) is 20.9 Å². The Morgan fingerprint density at radius 3 is 2.83 bits per heavy atom. The fourth-order valence-electron chi connectivity index (χ4n) is 1.50. The Hall–Kier alpha value is -1.01. The van der Waals surface area contributed by atoms with E-state index < -0.39 is 11.6 Å². The standard InChI is InChI=1S/C11H9BrClF2N3/c12-9-1-2-10(14)8(11(9)15)6-18-5-7(3-4-13)16-17-18/h1-2,5H,3-4,6H2. The molecule has 0 fully saturated rings. The zero-order valence-corrected chi connectivity index (χ0v) is 11.5. The minimum atomic E-state index is -0.621. The largest absolute Gasteiger partial charge is 0.248 e. The smallest absolute Gasteiger partial charge is 0.145 e. The number of aryl methyl sites for hydroxylation is 1. The molecule has 18 heavy (non-hydrogen) atoms. The highest BCUT2D eigenvalue weighted by molar-refractivity contribution is 9.10. The van der Waals surface area contributed by atoms with Gasteiger partial charge in [0.15, 0.2) is 0 Å². The number of hydrogen-bond donors (Lipinski definition) is 0. The van der Waals surface area contributed by atoms with E-state index in [0.717, 1.165) is 0 Å². The molecule has 7 heteroatoms. The van der Waals surface area contributed by atoms with Gasteiger partial charge in [-0.05, 0) is 28.1 Å². The van der Waals surface area contributed by atoms with Gasteiger partial charge in [0.1, 0.15) is 11.6 Å². The second-order valence-electron chi connectivity index (χ2n) is 3.67. The molecule has 1 aromatic carbocycles. The zero-order chi connectivity index (χ0) is 13.1. The molecule has 1 heterocycles. The summed E-state index contributed by atoms with van der Waals surface area (Å²) < 4.78 is 28.9. The van der Waals surface area contributed by atoms with Gasteiger partial charge in [-0.3, -0.25) is 0 Å². The van der Waals surface area contributed by atoms with Gasteiger partial charge >= 0.3 is 0 Å². The van der Waals surface area contributed by atoms with E-state index in [9.17, 15) is 8.78 Å². The molecule has 3 nitrogen and oxygen atoms in total. The van der Waals surface area contributed by atoms with Crippen LogP contribution in [0.3, 0.4) is 0 Å². The van der Waals surface area contributed by atoms with Gasteiger partial charge in [-0.1, -0.05) is 5.21 Å². The summed E-state index contributed by atoms with van der Waals surface area (Å²) in [7, 11) is 0. The molecular weight excluding hydrogens is 327 g/mol. The number of rotatable bonds is 4. The second-order valence-corrected chi connectivity index (χ2v) is 4.90. The molecule has 0 bridgehead atoms. The van der Waals surface area contributed by atoms with Crippen molar-refractivity contribution in [2.45, 2.75) is 13.0 Å². The Labute approximate surface area is 116 Å². The molecule has 2 aromatic rings. The highest BCUT2D eigenvalue weighted by Gasteiger charge is 2.13. The van der Waals surface area contributed by atoms with Gasteiger partial charge < -0.3 is 0 Å². The van der Waals surface area contributed by atoms with Crippen LogP contribution >= 0.6 is 27.5 Å². The van der Waals surface area contributed by atoms with Crippen LogP contribution in [0.1, 0.15) is 11.3 Å². The summed E-state index contributed by atoms with van der Waals surface area (Å²) in [5.41, 5.74) is 0.646. The Kier molecular flexibility index (Phi) is 4.29. The van der Waals surface area contributed by atoms with Gasteiger partial charge in [0.2, 0.25) is 0 Å². The molecule has 0 N–H and O–H groups in total. The molecule has 1 aromatic heterocycles. The van der Waals surface area contributed by atoms with Gasteiger partial charge in [-0.2, -0.15) is 0 Å². The first-order valence-electron chi connectivity index (χ1n) is 5.19. The summed E-state index contributed by atoms with van der Waals surface area (Å²) in [4.78, 5) is 0. The Morgan fingerprint density at radius 1 is 1.33 bits per heavy atom. The highest BCUT2D eigenvalue weighted by Crippen LogP contribution is 2.22. The summed E-state index contributed by atoms with van der Waals surface area (Å²) in [5.74, 6) is -0.798. The fraction of sp³-hybridized carbons (Fsp3) is 0.273. The van der Waals surface area contributed by atoms with Crippen molar-refractivity contribution >= 4 is 27.5 Å². The minimum absolute atomic E-state index is 0.00755. The summed E-state index contributed by atoms with van der Waals surface area (Å²) in [6.07, 6.45) is 2.20. The van der Waals surface area contributed by atoms with E-state index in [4.69, 9.17) is 11.6 Å². The van der Waals surface area contributed by atoms with Crippen LogP contribution in [0.15, 0.2) is 22.8 Å². The zero-order valence-electron chi connectivity index (χ0n) is 9.21. The van der Waals surface area contributed by atoms with Crippen molar-refractivity contribution in [3.8, 4) is 0 Å². The normalized spacial score (nSPS) is 10.9. The number of benzene rings is 1. The maximum Gasteiger partial charge on any atom is 0.145 e. The number of nitrogens with zero attached hydrogens (tertiary/aromatic N) is 3. The minimum Gasteiger partial charge on any atom is -0.248 e. The molecule has 0 saturated heterocycles. The molecule has 0 unspecified atom stereocenters. The first kappa shape index (κ1) is 13.4. The van der Waals surface area contributed by atoms with E-state index in [1.165, 1.54) is 16.8 Å². The third kappa shape index (κ3) is 2.87. The highest BCUT2D eigenvalue weighted by atomic mass is 79.9. The Morgan fingerprint density at radius 2 is 2.11 bits per heavy atom. The topological polar surface area (TPSA) is 30.7 Å². The first-order chi connectivity index (χ1) is 8.61. The van der Waals surface area contributed by atoms with Crippen molar-refractivity contribution in [1.29, 1.82) is 0 Å². The molecule has 0 aliphatic rings. The van der Waals surface area contributed by atoms with Crippen LogP contribution in [0.5, 0.6) is 0 Å². The molecule has 0 spiro atoms. The molecule has 2 rings (SSSR count). The number of alkyl halides is 1. The van der Waals surface area contributed by atoms with Crippen molar-refractivity contribution in [3.63, 3.8) is 0 Å². The predicted octanol–water partition coefficient (Wildman–Crippen LogP) is 3.15. The van der Waals surface area contributed by atoms with E-state index in [0.29, 0.717) is 18.0 Å². The lowest BCUT2D eigenvalue weighted by atomic mass is 10.2. The average molecular weight is 337 g/mol. The van der Waals surface area contributed by atoms with E-state index >= 15 is 0 Å². The first-order valence-corrected chi connectivity index (χ1v) is 6.52. The third-order valence-electron chi connectivity index (χ3n) is 2.40. The SMILES string of the molecule is Fc1ccc(Br)c(F)c1Cn1cc(CCCl)nn1. The quantitative estimate of drug-likeness (QED) is 0.634. The van der Waals surface area contributed by atoms with Crippen molar-refractivity contribution in [2.24, 2.45) is 0 Å². The van der Waals surface area contributed by atoms with Crippen LogP contribution in [0.2, 0.25) is 0 Å². The predicted molar refractivity (Wildman–Crippen MR) is 67.6 cm³/mol. The van der Waals surface area contributed by atoms with Gasteiger partial charge in [0.25, 0.3) is 0 Å². The van der Waals surface area contributed by atoms with Crippen LogP contribution < -0.4 is 0 Å². The van der Waals surface area contributed by atoms with Gasteiger partial charge in [-0.15, -0.1) is 16.7 Å². The average Bonchev–Trinajstić information content (AvgIpc) is 2.78. The number of halogens is 4. The van der Waals surface area contributed by atoms with Crippen molar-refractivity contribution in [3.05, 3.63) is 45.7 Å². The van der Waals surface area contributed by atoms with Crippen molar-refractivity contribution in [2.75, 3.05) is 5.88 Å². The lowest BCUT2D eigenvalue weighted by molar-refractivity contribution is 0.524. The summed E-state index contributed by atoms with van der Waals surface area (Å²) in [6, 6.07) is 2.54. The van der Waals surface area contributed by atoms with Crippen molar-refractivity contribution < 1.29 is 8.78 Å². The van der Waals surface area contributed by atoms with Crippen LogP contribution in [0.4, 0.5) is 8.78 Å². The molecular formula is C11H9BrClF2N3. The van der Waals surface area contributed by atoms with E-state index in [2.05, 4.69) is 26.2 Å². The number of hydrogen-bond acceptors (Lipinski definition) is 2. The summed E-state index contributed by atoms with van der Waals surface area (Å²) >= 11 is 8.59. The molecule has 96 valence electrons. The molecule has 0 atom stereocenters. The second kappa shape index (κ2) is 5.75. The molecule has 0 aliphatic heterocycles. The monoisotopic (exact) mass is 335 g/mol. The van der Waals surface area contributed by atoms with Crippen molar-refractivity contribution in [1.82, 2.24) is 15.0 Å². The molecule has 0 saturated carbocycles. The fourth-order valence-corrected chi connectivity index (χ4v) is 2.07. The number of aromatic nitrogens is 3. The summed E-state index contributed by atoms with van der Waals surface area (Å²) in [6.45, 7) is -0.00755. The maximum absolute atomic E-state index is 13.7. The van der Waals surface area contributed by atoms with Crippen LogP contribution in [0, 0.1) is 11.6 Å². The summed E-state index contributed by atoms with van der Waals surface area (Å²) in [5, 5.41) is 7.66. The Bertz CT molecular complexity index is 559. The van der Waals surface area contributed by atoms with Gasteiger partial charge in [0.05, 0.1) is 16.7 Å². The van der Waals surface area contributed by atoms with E-state index in [-0.39, 0.29) is 16.6 Å².